The second kappa shape index (κ2) is 8.59. The van der Waals surface area contributed by atoms with Crippen molar-refractivity contribution in [2.75, 3.05) is 12.4 Å². The minimum absolute atomic E-state index is 0.145. The number of rotatable bonds is 5. The van der Waals surface area contributed by atoms with Crippen LogP contribution in [0.25, 0.3) is 0 Å². The maximum Gasteiger partial charge on any atom is 0.460 e. The lowest BCUT2D eigenvalue weighted by molar-refractivity contribution is -0.359. The number of halogens is 9. The summed E-state index contributed by atoms with van der Waals surface area (Å²) in [5, 5.41) is 3.38. The van der Waals surface area contributed by atoms with Crippen molar-refractivity contribution in [1.29, 1.82) is 0 Å². The monoisotopic (exact) mass is 474 g/mol. The molecule has 3 amide bonds. The first-order valence-corrected chi connectivity index (χ1v) is 8.20. The number of anilines is 1. The molecule has 0 spiro atoms. The van der Waals surface area contributed by atoms with Gasteiger partial charge >= 0.3 is 24.1 Å². The number of alkyl halides is 7. The van der Waals surface area contributed by atoms with E-state index >= 15 is 0 Å². The third kappa shape index (κ3) is 4.57. The molecule has 2 N–H and O–H groups in total. The van der Waals surface area contributed by atoms with Gasteiger partial charge in [-0.3, -0.25) is 10.1 Å². The number of urea groups is 1. The summed E-state index contributed by atoms with van der Waals surface area (Å²) in [6.07, 6.45) is -6.58. The van der Waals surface area contributed by atoms with Crippen molar-refractivity contribution in [1.82, 2.24) is 5.32 Å². The Morgan fingerprint density at radius 3 is 1.97 bits per heavy atom. The molecule has 2 aromatic rings. The fraction of sp³-hybridized carbons (Fsp3) is 0.222. The van der Waals surface area contributed by atoms with Crippen LogP contribution < -0.4 is 15.4 Å². The van der Waals surface area contributed by atoms with E-state index in [1.54, 1.807) is 0 Å². The summed E-state index contributed by atoms with van der Waals surface area (Å²) in [7, 11) is 0.689. The molecule has 32 heavy (non-hydrogen) atoms. The number of imide groups is 1. The molecule has 174 valence electrons. The zero-order valence-corrected chi connectivity index (χ0v) is 15.6. The Morgan fingerprint density at radius 1 is 0.906 bits per heavy atom. The van der Waals surface area contributed by atoms with E-state index in [9.17, 15) is 49.1 Å². The second-order valence-corrected chi connectivity index (χ2v) is 6.07. The number of ether oxygens (including phenoxy) is 1. The number of hydrogen-bond acceptors (Lipinski definition) is 3. The van der Waals surface area contributed by atoms with E-state index in [0.29, 0.717) is 19.2 Å². The van der Waals surface area contributed by atoms with Crippen LogP contribution in [0.5, 0.6) is 5.75 Å². The lowest BCUT2D eigenvalue weighted by Gasteiger charge is -2.29. The van der Waals surface area contributed by atoms with Crippen LogP contribution in [0.1, 0.15) is 15.9 Å². The Kier molecular flexibility index (Phi) is 6.66. The molecule has 0 heterocycles. The molecule has 0 atom stereocenters. The first-order valence-electron chi connectivity index (χ1n) is 8.20. The van der Waals surface area contributed by atoms with E-state index in [1.165, 1.54) is 5.32 Å². The SMILES string of the molecule is COc1cc(NC(=O)NC(=O)c2c(F)cccc2F)ccc1C(F)(F)C(F)(F)C(F)(F)F. The molecule has 0 saturated carbocycles. The number of carbonyl (C=O) groups excluding carboxylic acids is 2. The molecular weight excluding hydrogens is 463 g/mol. The predicted octanol–water partition coefficient (Wildman–Crippen LogP) is 5.22. The van der Waals surface area contributed by atoms with Crippen LogP contribution in [-0.2, 0) is 5.92 Å². The molecular formula is C18H11F9N2O3. The van der Waals surface area contributed by atoms with E-state index < -0.39 is 64.2 Å². The highest BCUT2D eigenvalue weighted by Gasteiger charge is 2.74. The van der Waals surface area contributed by atoms with Gasteiger partial charge in [-0.05, 0) is 24.3 Å². The van der Waals surface area contributed by atoms with E-state index in [0.717, 1.165) is 18.2 Å². The van der Waals surface area contributed by atoms with Crippen LogP contribution in [0, 0.1) is 11.6 Å². The van der Waals surface area contributed by atoms with Gasteiger partial charge in [0.25, 0.3) is 5.91 Å². The highest BCUT2D eigenvalue weighted by Crippen LogP contribution is 2.53. The quantitative estimate of drug-likeness (QED) is 0.584. The van der Waals surface area contributed by atoms with Crippen molar-refractivity contribution in [2.45, 2.75) is 18.0 Å². The number of amides is 3. The smallest absolute Gasteiger partial charge is 0.460 e. The van der Waals surface area contributed by atoms with Gasteiger partial charge in [0.05, 0.1) is 12.7 Å². The number of hydrogen-bond donors (Lipinski definition) is 2. The lowest BCUT2D eigenvalue weighted by atomic mass is 10.00. The molecule has 14 heteroatoms. The highest BCUT2D eigenvalue weighted by molar-refractivity contribution is 6.08. The van der Waals surface area contributed by atoms with Crippen LogP contribution in [0.2, 0.25) is 0 Å². The topological polar surface area (TPSA) is 67.4 Å². The van der Waals surface area contributed by atoms with Crippen molar-refractivity contribution in [2.24, 2.45) is 0 Å². The highest BCUT2D eigenvalue weighted by atomic mass is 19.4. The Morgan fingerprint density at radius 2 is 1.47 bits per heavy atom. The number of benzene rings is 2. The van der Waals surface area contributed by atoms with Crippen molar-refractivity contribution in [3.63, 3.8) is 0 Å². The van der Waals surface area contributed by atoms with Gasteiger partial charge in [-0.25, -0.2) is 13.6 Å². The molecule has 0 bridgehead atoms. The summed E-state index contributed by atoms with van der Waals surface area (Å²) in [6.45, 7) is 0. The largest absolute Gasteiger partial charge is 0.496 e. The van der Waals surface area contributed by atoms with Gasteiger partial charge in [0.15, 0.2) is 0 Å². The van der Waals surface area contributed by atoms with Gasteiger partial charge in [0.2, 0.25) is 0 Å². The van der Waals surface area contributed by atoms with Gasteiger partial charge in [0, 0.05) is 11.8 Å². The molecule has 0 fully saturated rings. The minimum atomic E-state index is -6.58. The molecule has 0 unspecified atom stereocenters. The third-order valence-electron chi connectivity index (χ3n) is 3.96. The van der Waals surface area contributed by atoms with E-state index in [-0.39, 0.29) is 6.07 Å². The van der Waals surface area contributed by atoms with Gasteiger partial charge in [-0.2, -0.15) is 30.7 Å². The minimum Gasteiger partial charge on any atom is -0.496 e. The van der Waals surface area contributed by atoms with Crippen LogP contribution in [0.3, 0.4) is 0 Å². The Bertz CT molecular complexity index is 1020. The first kappa shape index (κ1) is 24.8. The maximum absolute atomic E-state index is 13.9. The average Bonchev–Trinajstić information content (AvgIpc) is 2.66. The molecule has 0 aliphatic heterocycles. The second-order valence-electron chi connectivity index (χ2n) is 6.07. The van der Waals surface area contributed by atoms with E-state index in [2.05, 4.69) is 4.74 Å². The van der Waals surface area contributed by atoms with Crippen LogP contribution >= 0.6 is 0 Å². The Balaban J connectivity index is 2.26. The predicted molar refractivity (Wildman–Crippen MR) is 90.7 cm³/mol. The van der Waals surface area contributed by atoms with Crippen molar-refractivity contribution < 1.29 is 53.8 Å². The molecule has 0 saturated heterocycles. The molecule has 5 nitrogen and oxygen atoms in total. The summed E-state index contributed by atoms with van der Waals surface area (Å²) in [6, 6.07) is 2.13. The maximum atomic E-state index is 13.9. The van der Waals surface area contributed by atoms with Crippen LogP contribution in [0.4, 0.5) is 50.0 Å². The zero-order chi connectivity index (χ0) is 24.5. The lowest BCUT2D eigenvalue weighted by Crippen LogP contribution is -2.50. The van der Waals surface area contributed by atoms with Gasteiger partial charge in [-0.1, -0.05) is 6.07 Å². The molecule has 0 aliphatic carbocycles. The van der Waals surface area contributed by atoms with Gasteiger partial charge < -0.3 is 10.1 Å². The molecule has 0 aromatic heterocycles. The van der Waals surface area contributed by atoms with E-state index in [4.69, 9.17) is 0 Å². The van der Waals surface area contributed by atoms with Crippen molar-refractivity contribution in [3.05, 3.63) is 59.2 Å². The first-order chi connectivity index (χ1) is 14.6. The zero-order valence-electron chi connectivity index (χ0n) is 15.6. The number of methoxy groups -OCH3 is 1. The number of carbonyl (C=O) groups is 2. The molecule has 2 aromatic carbocycles. The molecule has 0 aliphatic rings. The summed E-state index contributed by atoms with van der Waals surface area (Å²) in [5.74, 6) is -17.4. The fourth-order valence-electron chi connectivity index (χ4n) is 2.42. The fourth-order valence-corrected chi connectivity index (χ4v) is 2.42. The third-order valence-corrected chi connectivity index (χ3v) is 3.96. The summed E-state index contributed by atoms with van der Waals surface area (Å²) < 4.78 is 123. The van der Waals surface area contributed by atoms with Crippen molar-refractivity contribution in [3.8, 4) is 5.75 Å². The van der Waals surface area contributed by atoms with Crippen molar-refractivity contribution >= 4 is 17.6 Å². The summed E-state index contributed by atoms with van der Waals surface area (Å²) >= 11 is 0. The molecule has 0 radical (unpaired) electrons. The number of nitrogens with one attached hydrogen (secondary N) is 2. The average molecular weight is 474 g/mol. The van der Waals surface area contributed by atoms with Crippen LogP contribution in [-0.4, -0.2) is 31.1 Å². The summed E-state index contributed by atoms with van der Waals surface area (Å²) in [4.78, 5) is 23.7. The Labute approximate surface area is 173 Å². The van der Waals surface area contributed by atoms with Gasteiger partial charge in [-0.15, -0.1) is 0 Å². The summed E-state index contributed by atoms with van der Waals surface area (Å²) in [5.41, 5.74) is -3.43. The van der Waals surface area contributed by atoms with Gasteiger partial charge in [0.1, 0.15) is 22.9 Å². The van der Waals surface area contributed by atoms with E-state index in [1.807, 2.05) is 5.32 Å². The Hall–Kier alpha value is -3.45. The molecule has 2 rings (SSSR count). The standard InChI is InChI=1S/C18H11F9N2O3/c1-32-12-7-8(5-6-9(12)16(21,22)17(23,24)18(25,26)27)28-15(31)29-14(30)13-10(19)3-2-4-11(13)20/h2-7H,1H3,(H2,28,29,30,31). The van der Waals surface area contributed by atoms with Crippen LogP contribution in [0.15, 0.2) is 36.4 Å². The normalized spacial score (nSPS) is 12.3.